The van der Waals surface area contributed by atoms with Crippen LogP contribution >= 0.6 is 0 Å². The van der Waals surface area contributed by atoms with Crippen molar-refractivity contribution in [2.45, 2.75) is 50.5 Å². The molecule has 4 rings (SSSR count). The van der Waals surface area contributed by atoms with E-state index in [4.69, 9.17) is 0 Å². The fourth-order valence-corrected chi connectivity index (χ4v) is 5.19. The number of benzene rings is 1. The number of hydrogen-bond acceptors (Lipinski definition) is 3. The molecule has 136 valence electrons. The topological polar surface area (TPSA) is 43.8 Å². The van der Waals surface area contributed by atoms with Crippen LogP contribution in [0.4, 0.5) is 0 Å². The summed E-state index contributed by atoms with van der Waals surface area (Å²) >= 11 is 0. The lowest BCUT2D eigenvalue weighted by Gasteiger charge is -2.39. The summed E-state index contributed by atoms with van der Waals surface area (Å²) in [6.45, 7) is 5.73. The molecule has 0 radical (unpaired) electrons. The van der Waals surface area contributed by atoms with E-state index in [0.717, 1.165) is 45.4 Å². The van der Waals surface area contributed by atoms with E-state index in [0.29, 0.717) is 5.91 Å². The molecule has 3 atom stereocenters. The van der Waals surface area contributed by atoms with Crippen molar-refractivity contribution in [3.8, 4) is 0 Å². The molecule has 2 fully saturated rings. The molecular formula is C21H30N2O2. The van der Waals surface area contributed by atoms with Crippen LogP contribution in [0.25, 0.3) is 0 Å². The van der Waals surface area contributed by atoms with Crippen LogP contribution in [-0.4, -0.2) is 59.6 Å². The third-order valence-corrected chi connectivity index (χ3v) is 6.82. The minimum Gasteiger partial charge on any atom is -0.395 e. The Hall–Kier alpha value is -1.39. The number of aliphatic hydroxyl groups is 1. The molecular weight excluding hydrogens is 312 g/mol. The SMILES string of the molecule is CCC(CO)N1CCN(C(=O)C2CC23CCCc2ccccc23)CC1. The number of aryl methyl sites for hydroxylation is 1. The number of piperazine rings is 1. The second-order valence-electron chi connectivity index (χ2n) is 8.03. The molecule has 4 nitrogen and oxygen atoms in total. The number of aliphatic hydroxyl groups excluding tert-OH is 1. The second-order valence-corrected chi connectivity index (χ2v) is 8.03. The van der Waals surface area contributed by atoms with Gasteiger partial charge in [-0.15, -0.1) is 0 Å². The van der Waals surface area contributed by atoms with Gasteiger partial charge in [0.25, 0.3) is 0 Å². The Bertz CT molecular complexity index is 635. The van der Waals surface area contributed by atoms with E-state index in [1.807, 2.05) is 0 Å². The smallest absolute Gasteiger partial charge is 0.226 e. The van der Waals surface area contributed by atoms with Gasteiger partial charge in [-0.25, -0.2) is 0 Å². The summed E-state index contributed by atoms with van der Waals surface area (Å²) in [4.78, 5) is 17.5. The van der Waals surface area contributed by atoms with Crippen LogP contribution in [0.2, 0.25) is 0 Å². The minimum absolute atomic E-state index is 0.139. The first-order valence-corrected chi connectivity index (χ1v) is 9.91. The summed E-state index contributed by atoms with van der Waals surface area (Å²) in [6.07, 6.45) is 5.55. The molecule has 1 aliphatic heterocycles. The summed E-state index contributed by atoms with van der Waals surface area (Å²) in [5, 5.41) is 9.49. The van der Waals surface area contributed by atoms with Crippen molar-refractivity contribution in [2.75, 3.05) is 32.8 Å². The van der Waals surface area contributed by atoms with E-state index in [9.17, 15) is 9.90 Å². The van der Waals surface area contributed by atoms with Gasteiger partial charge in [0, 0.05) is 43.6 Å². The lowest BCUT2D eigenvalue weighted by atomic mass is 9.78. The highest BCUT2D eigenvalue weighted by Gasteiger charge is 2.60. The molecule has 1 saturated heterocycles. The predicted octanol–water partition coefficient (Wildman–Crippen LogP) is 2.20. The molecule has 2 aliphatic carbocycles. The van der Waals surface area contributed by atoms with E-state index in [1.165, 1.54) is 24.0 Å². The lowest BCUT2D eigenvalue weighted by molar-refractivity contribution is -0.135. The van der Waals surface area contributed by atoms with Gasteiger partial charge in [0.15, 0.2) is 0 Å². The van der Waals surface area contributed by atoms with Gasteiger partial charge in [-0.3, -0.25) is 9.69 Å². The highest BCUT2D eigenvalue weighted by Crippen LogP contribution is 2.60. The average molecular weight is 342 g/mol. The van der Waals surface area contributed by atoms with E-state index in [-0.39, 0.29) is 24.0 Å². The number of amides is 1. The molecule has 25 heavy (non-hydrogen) atoms. The Morgan fingerprint density at radius 2 is 2.04 bits per heavy atom. The number of carbonyl (C=O) groups is 1. The maximum Gasteiger partial charge on any atom is 0.226 e. The molecule has 4 heteroatoms. The highest BCUT2D eigenvalue weighted by atomic mass is 16.3. The third kappa shape index (κ3) is 2.89. The third-order valence-electron chi connectivity index (χ3n) is 6.82. The molecule has 1 aromatic rings. The summed E-state index contributed by atoms with van der Waals surface area (Å²) in [7, 11) is 0. The first-order chi connectivity index (χ1) is 12.2. The largest absolute Gasteiger partial charge is 0.395 e. The molecule has 1 amide bonds. The van der Waals surface area contributed by atoms with Gasteiger partial charge >= 0.3 is 0 Å². The number of rotatable bonds is 4. The van der Waals surface area contributed by atoms with Crippen LogP contribution in [0, 0.1) is 5.92 Å². The highest BCUT2D eigenvalue weighted by molar-refractivity contribution is 5.85. The van der Waals surface area contributed by atoms with Gasteiger partial charge in [-0.1, -0.05) is 31.2 Å². The Kier molecular flexibility index (Phi) is 4.59. The quantitative estimate of drug-likeness (QED) is 0.912. The van der Waals surface area contributed by atoms with Crippen molar-refractivity contribution in [3.63, 3.8) is 0 Å². The molecule has 3 aliphatic rings. The summed E-state index contributed by atoms with van der Waals surface area (Å²) in [6, 6.07) is 9.00. The summed E-state index contributed by atoms with van der Waals surface area (Å²) < 4.78 is 0. The molecule has 1 heterocycles. The number of carbonyl (C=O) groups excluding carboxylic acids is 1. The van der Waals surface area contributed by atoms with Crippen LogP contribution in [-0.2, 0) is 16.6 Å². The van der Waals surface area contributed by atoms with E-state index >= 15 is 0 Å². The van der Waals surface area contributed by atoms with Gasteiger partial charge in [0.1, 0.15) is 0 Å². The Morgan fingerprint density at radius 3 is 2.76 bits per heavy atom. The minimum atomic E-state index is 0.139. The van der Waals surface area contributed by atoms with E-state index in [1.54, 1.807) is 0 Å². The zero-order valence-electron chi connectivity index (χ0n) is 15.3. The van der Waals surface area contributed by atoms with Gasteiger partial charge in [-0.2, -0.15) is 0 Å². The maximum atomic E-state index is 13.1. The first kappa shape index (κ1) is 17.0. The Labute approximate surface area is 150 Å². The van der Waals surface area contributed by atoms with Crippen molar-refractivity contribution < 1.29 is 9.90 Å². The van der Waals surface area contributed by atoms with Crippen molar-refractivity contribution >= 4 is 5.91 Å². The number of fused-ring (bicyclic) bond motifs is 2. The van der Waals surface area contributed by atoms with Crippen molar-refractivity contribution in [1.82, 2.24) is 9.80 Å². The standard InChI is InChI=1S/C21H30N2O2/c1-2-17(15-24)22-10-12-23(13-11-22)20(25)19-14-21(19)9-5-7-16-6-3-4-8-18(16)21/h3-4,6,8,17,19,24H,2,5,7,9-15H2,1H3. The van der Waals surface area contributed by atoms with Crippen LogP contribution in [0.1, 0.15) is 43.7 Å². The van der Waals surface area contributed by atoms with Crippen molar-refractivity contribution in [2.24, 2.45) is 5.92 Å². The molecule has 1 saturated carbocycles. The van der Waals surface area contributed by atoms with Gasteiger partial charge in [0.2, 0.25) is 5.91 Å². The molecule has 1 spiro atoms. The average Bonchev–Trinajstić information content (AvgIpc) is 3.38. The van der Waals surface area contributed by atoms with Gasteiger partial charge < -0.3 is 10.0 Å². The van der Waals surface area contributed by atoms with Gasteiger partial charge in [-0.05, 0) is 43.2 Å². The normalized spacial score (nSPS) is 30.2. The number of hydrogen-bond donors (Lipinski definition) is 1. The fourth-order valence-electron chi connectivity index (χ4n) is 5.19. The molecule has 0 aromatic heterocycles. The maximum absolute atomic E-state index is 13.1. The van der Waals surface area contributed by atoms with Gasteiger partial charge in [0.05, 0.1) is 6.61 Å². The van der Waals surface area contributed by atoms with E-state index in [2.05, 4.69) is 41.0 Å². The van der Waals surface area contributed by atoms with Crippen LogP contribution in [0.15, 0.2) is 24.3 Å². The van der Waals surface area contributed by atoms with Crippen molar-refractivity contribution in [1.29, 1.82) is 0 Å². The van der Waals surface area contributed by atoms with Crippen molar-refractivity contribution in [3.05, 3.63) is 35.4 Å². The second kappa shape index (κ2) is 6.73. The fraction of sp³-hybridized carbons (Fsp3) is 0.667. The molecule has 1 aromatic carbocycles. The Balaban J connectivity index is 1.41. The predicted molar refractivity (Wildman–Crippen MR) is 98.5 cm³/mol. The van der Waals surface area contributed by atoms with Crippen LogP contribution in [0.5, 0.6) is 0 Å². The zero-order valence-corrected chi connectivity index (χ0v) is 15.3. The number of nitrogens with zero attached hydrogens (tertiary/aromatic N) is 2. The molecule has 0 bridgehead atoms. The lowest BCUT2D eigenvalue weighted by Crippen LogP contribution is -2.53. The monoisotopic (exact) mass is 342 g/mol. The van der Waals surface area contributed by atoms with Crippen LogP contribution in [0.3, 0.4) is 0 Å². The van der Waals surface area contributed by atoms with Crippen LogP contribution < -0.4 is 0 Å². The first-order valence-electron chi connectivity index (χ1n) is 9.91. The van der Waals surface area contributed by atoms with E-state index < -0.39 is 0 Å². The Morgan fingerprint density at radius 1 is 1.28 bits per heavy atom. The molecule has 3 unspecified atom stereocenters. The zero-order chi connectivity index (χ0) is 17.4. The summed E-state index contributed by atoms with van der Waals surface area (Å²) in [5.74, 6) is 0.564. The summed E-state index contributed by atoms with van der Waals surface area (Å²) in [5.41, 5.74) is 3.05. The molecule has 1 N–H and O–H groups in total.